The van der Waals surface area contributed by atoms with Gasteiger partial charge in [-0.3, -0.25) is 4.79 Å². The van der Waals surface area contributed by atoms with E-state index in [2.05, 4.69) is 16.6 Å². The first-order valence-corrected chi connectivity index (χ1v) is 5.37. The van der Waals surface area contributed by atoms with Crippen LogP contribution in [0.1, 0.15) is 31.9 Å². The summed E-state index contributed by atoms with van der Waals surface area (Å²) in [6.07, 6.45) is 0. The molecule has 0 spiro atoms. The van der Waals surface area contributed by atoms with Crippen molar-refractivity contribution in [3.63, 3.8) is 0 Å². The molecule has 0 atom stereocenters. The van der Waals surface area contributed by atoms with Gasteiger partial charge in [-0.1, -0.05) is 43.4 Å². The molecule has 0 saturated carbocycles. The summed E-state index contributed by atoms with van der Waals surface area (Å²) in [5.41, 5.74) is 2.14. The maximum Gasteiger partial charge on any atom is 0.303 e. The standard InChI is InChI=1S/C12H12O2.C2H6/c1-10-5-7-12(8-6-10)4-3-9-14-11(2)13;1-2/h5-8H,9H2,1-2H3;1-2H3. The highest BCUT2D eigenvalue weighted by atomic mass is 16.5. The van der Waals surface area contributed by atoms with E-state index in [4.69, 9.17) is 0 Å². The second-order valence-electron chi connectivity index (χ2n) is 2.95. The van der Waals surface area contributed by atoms with Gasteiger partial charge in [0.05, 0.1) is 0 Å². The van der Waals surface area contributed by atoms with E-state index in [-0.39, 0.29) is 12.6 Å². The lowest BCUT2D eigenvalue weighted by atomic mass is 10.2. The molecule has 1 aromatic rings. The summed E-state index contributed by atoms with van der Waals surface area (Å²) >= 11 is 0. The summed E-state index contributed by atoms with van der Waals surface area (Å²) in [5.74, 6) is 5.36. The molecule has 86 valence electrons. The average Bonchev–Trinajstić information content (AvgIpc) is 2.29. The van der Waals surface area contributed by atoms with E-state index in [9.17, 15) is 4.79 Å². The summed E-state index contributed by atoms with van der Waals surface area (Å²) in [6, 6.07) is 7.87. The van der Waals surface area contributed by atoms with Crippen LogP contribution in [-0.2, 0) is 9.53 Å². The zero-order valence-corrected chi connectivity index (χ0v) is 10.3. The van der Waals surface area contributed by atoms with Gasteiger partial charge in [-0.15, -0.1) is 0 Å². The lowest BCUT2D eigenvalue weighted by Gasteiger charge is -1.93. The van der Waals surface area contributed by atoms with Gasteiger partial charge in [0, 0.05) is 12.5 Å². The van der Waals surface area contributed by atoms with Crippen molar-refractivity contribution in [3.05, 3.63) is 35.4 Å². The number of ether oxygens (including phenoxy) is 1. The summed E-state index contributed by atoms with van der Waals surface area (Å²) in [6.45, 7) is 7.55. The van der Waals surface area contributed by atoms with Crippen LogP contribution in [0.25, 0.3) is 0 Å². The molecule has 0 radical (unpaired) electrons. The van der Waals surface area contributed by atoms with Gasteiger partial charge in [0.15, 0.2) is 6.61 Å². The minimum atomic E-state index is -0.303. The van der Waals surface area contributed by atoms with Crippen LogP contribution in [0.3, 0.4) is 0 Å². The van der Waals surface area contributed by atoms with Gasteiger partial charge in [-0.2, -0.15) is 0 Å². The number of carbonyl (C=O) groups is 1. The molecule has 0 fully saturated rings. The first kappa shape index (κ1) is 14.2. The average molecular weight is 218 g/mol. The van der Waals surface area contributed by atoms with Crippen molar-refractivity contribution in [3.8, 4) is 11.8 Å². The largest absolute Gasteiger partial charge is 0.453 e. The predicted molar refractivity (Wildman–Crippen MR) is 66.0 cm³/mol. The van der Waals surface area contributed by atoms with Gasteiger partial charge in [0.1, 0.15) is 0 Å². The number of hydrogen-bond acceptors (Lipinski definition) is 2. The van der Waals surface area contributed by atoms with Crippen LogP contribution in [0.2, 0.25) is 0 Å². The zero-order chi connectivity index (χ0) is 12.4. The second kappa shape index (κ2) is 8.55. The number of aryl methyl sites for hydroxylation is 1. The molecule has 2 heteroatoms. The second-order valence-corrected chi connectivity index (χ2v) is 2.95. The molecule has 0 bridgehead atoms. The molecule has 0 aromatic heterocycles. The third-order valence-electron chi connectivity index (χ3n) is 1.63. The first-order chi connectivity index (χ1) is 7.68. The number of carbonyl (C=O) groups excluding carboxylic acids is 1. The summed E-state index contributed by atoms with van der Waals surface area (Å²) < 4.78 is 4.67. The van der Waals surface area contributed by atoms with Crippen LogP contribution in [0.5, 0.6) is 0 Å². The molecule has 0 amide bonds. The highest BCUT2D eigenvalue weighted by molar-refractivity contribution is 5.66. The van der Waals surface area contributed by atoms with E-state index in [1.54, 1.807) is 0 Å². The minimum absolute atomic E-state index is 0.156. The third-order valence-corrected chi connectivity index (χ3v) is 1.63. The quantitative estimate of drug-likeness (QED) is 0.535. The first-order valence-electron chi connectivity index (χ1n) is 5.37. The summed E-state index contributed by atoms with van der Waals surface area (Å²) in [5, 5.41) is 0. The van der Waals surface area contributed by atoms with Gasteiger partial charge >= 0.3 is 5.97 Å². The molecule has 1 rings (SSSR count). The van der Waals surface area contributed by atoms with Gasteiger partial charge < -0.3 is 4.74 Å². The number of rotatable bonds is 1. The topological polar surface area (TPSA) is 26.3 Å². The summed E-state index contributed by atoms with van der Waals surface area (Å²) in [7, 11) is 0. The molecule has 1 aromatic carbocycles. The van der Waals surface area contributed by atoms with Crippen molar-refractivity contribution in [2.45, 2.75) is 27.7 Å². The van der Waals surface area contributed by atoms with Crippen molar-refractivity contribution >= 4 is 5.97 Å². The van der Waals surface area contributed by atoms with Crippen LogP contribution in [0.4, 0.5) is 0 Å². The Morgan fingerprint density at radius 2 is 1.81 bits per heavy atom. The molecule has 0 unspecified atom stereocenters. The normalized spacial score (nSPS) is 8.00. The number of benzene rings is 1. The number of hydrogen-bond donors (Lipinski definition) is 0. The Labute approximate surface area is 97.6 Å². The molecule has 0 aliphatic heterocycles. The molecular formula is C14H18O2. The molecule has 0 N–H and O–H groups in total. The monoisotopic (exact) mass is 218 g/mol. The van der Waals surface area contributed by atoms with Crippen molar-refractivity contribution in [1.29, 1.82) is 0 Å². The van der Waals surface area contributed by atoms with Crippen LogP contribution < -0.4 is 0 Å². The smallest absolute Gasteiger partial charge is 0.303 e. The lowest BCUT2D eigenvalue weighted by Crippen LogP contribution is -1.97. The fraction of sp³-hybridized carbons (Fsp3) is 0.357. The zero-order valence-electron chi connectivity index (χ0n) is 10.3. The van der Waals surface area contributed by atoms with E-state index in [1.165, 1.54) is 12.5 Å². The van der Waals surface area contributed by atoms with Gasteiger partial charge in [0.2, 0.25) is 0 Å². The van der Waals surface area contributed by atoms with Crippen molar-refractivity contribution in [1.82, 2.24) is 0 Å². The molecule has 0 heterocycles. The SMILES string of the molecule is CC.CC(=O)OCC#Cc1ccc(C)cc1. The van der Waals surface area contributed by atoms with E-state index in [0.29, 0.717) is 0 Å². The Kier molecular flexibility index (Phi) is 7.61. The Morgan fingerprint density at radius 3 is 2.31 bits per heavy atom. The van der Waals surface area contributed by atoms with Crippen LogP contribution in [0, 0.1) is 18.8 Å². The molecule has 16 heavy (non-hydrogen) atoms. The molecule has 0 aliphatic carbocycles. The predicted octanol–water partition coefficient (Wildman–Crippen LogP) is 2.94. The maximum atomic E-state index is 10.4. The maximum absolute atomic E-state index is 10.4. The summed E-state index contributed by atoms with van der Waals surface area (Å²) in [4.78, 5) is 10.4. The fourth-order valence-electron chi connectivity index (χ4n) is 0.913. The van der Waals surface area contributed by atoms with Crippen LogP contribution in [0.15, 0.2) is 24.3 Å². The van der Waals surface area contributed by atoms with E-state index < -0.39 is 0 Å². The Bertz CT molecular complexity index is 366. The highest BCUT2D eigenvalue weighted by Crippen LogP contribution is 2.00. The van der Waals surface area contributed by atoms with Gasteiger partial charge in [-0.05, 0) is 19.1 Å². The number of esters is 1. The molecule has 0 aliphatic rings. The molecule has 0 saturated heterocycles. The lowest BCUT2D eigenvalue weighted by molar-refractivity contribution is -0.139. The van der Waals surface area contributed by atoms with Crippen molar-refractivity contribution in [2.75, 3.05) is 6.61 Å². The van der Waals surface area contributed by atoms with Crippen LogP contribution >= 0.6 is 0 Å². The molecule has 2 nitrogen and oxygen atoms in total. The highest BCUT2D eigenvalue weighted by Gasteiger charge is 1.87. The van der Waals surface area contributed by atoms with Crippen molar-refractivity contribution < 1.29 is 9.53 Å². The van der Waals surface area contributed by atoms with E-state index in [0.717, 1.165) is 5.56 Å². The Balaban J connectivity index is 0.00000106. The van der Waals surface area contributed by atoms with Gasteiger partial charge in [-0.25, -0.2) is 0 Å². The Morgan fingerprint density at radius 1 is 1.25 bits per heavy atom. The third kappa shape index (κ3) is 6.67. The Hall–Kier alpha value is -1.75. The molecular weight excluding hydrogens is 200 g/mol. The van der Waals surface area contributed by atoms with E-state index in [1.807, 2.05) is 45.0 Å². The van der Waals surface area contributed by atoms with Crippen LogP contribution in [-0.4, -0.2) is 12.6 Å². The van der Waals surface area contributed by atoms with Crippen molar-refractivity contribution in [2.24, 2.45) is 0 Å². The fourth-order valence-corrected chi connectivity index (χ4v) is 0.913. The van der Waals surface area contributed by atoms with Gasteiger partial charge in [0.25, 0.3) is 0 Å². The van der Waals surface area contributed by atoms with E-state index >= 15 is 0 Å². The minimum Gasteiger partial charge on any atom is -0.453 e.